The van der Waals surface area contributed by atoms with Gasteiger partial charge in [-0.3, -0.25) is 0 Å². The van der Waals surface area contributed by atoms with Gasteiger partial charge in [0.25, 0.3) is 0 Å². The van der Waals surface area contributed by atoms with Crippen LogP contribution < -0.4 is 0 Å². The predicted molar refractivity (Wildman–Crippen MR) is 91.2 cm³/mol. The maximum Gasteiger partial charge on any atom is 0.354 e. The summed E-state index contributed by atoms with van der Waals surface area (Å²) < 4.78 is 8.60. The number of hydrogen-bond acceptors (Lipinski definition) is 3. The van der Waals surface area contributed by atoms with Gasteiger partial charge in [0.1, 0.15) is 5.69 Å². The molecule has 0 aliphatic rings. The number of benzene rings is 1. The molecule has 1 aromatic carbocycles. The number of carbonyl (C=O) groups excluding carboxylic acids is 1. The number of hydrogen-bond donors (Lipinski definition) is 0. The predicted octanol–water partition coefficient (Wildman–Crippen LogP) is 4.81. The molecule has 0 fully saturated rings. The van der Waals surface area contributed by atoms with Crippen LogP contribution in [0.25, 0.3) is 10.2 Å². The Kier molecular flexibility index (Phi) is 3.98. The lowest BCUT2D eigenvalue weighted by Crippen LogP contribution is -2.12. The molecule has 0 aliphatic heterocycles. The van der Waals surface area contributed by atoms with Gasteiger partial charge in [-0.15, -0.1) is 11.3 Å². The molecule has 0 amide bonds. The van der Waals surface area contributed by atoms with Crippen LogP contribution in [0.2, 0.25) is 4.34 Å². The first kappa shape index (κ1) is 15.1. The van der Waals surface area contributed by atoms with Gasteiger partial charge in [-0.25, -0.2) is 4.79 Å². The second-order valence-corrected chi connectivity index (χ2v) is 7.05. The lowest BCUT2D eigenvalue weighted by molar-refractivity contribution is 0.0589. The number of esters is 1. The maximum atomic E-state index is 12.1. The van der Waals surface area contributed by atoms with Gasteiger partial charge in [0.05, 0.1) is 21.7 Å². The summed E-state index contributed by atoms with van der Waals surface area (Å²) in [7, 11) is 1.40. The molecule has 2 aromatic heterocycles. The van der Waals surface area contributed by atoms with E-state index in [0.717, 1.165) is 14.6 Å². The molecular formula is C17H16ClNO2S. The number of thiophene rings is 1. The smallest absolute Gasteiger partial charge is 0.354 e. The first-order chi connectivity index (χ1) is 10.5. The van der Waals surface area contributed by atoms with Crippen LogP contribution in [0, 0.1) is 13.8 Å². The second-order valence-electron chi connectivity index (χ2n) is 5.34. The Hall–Kier alpha value is -1.78. The molecule has 3 aromatic rings. The van der Waals surface area contributed by atoms with Crippen LogP contribution in [0.5, 0.6) is 0 Å². The fraction of sp³-hybridized carbons (Fsp3) is 0.235. The van der Waals surface area contributed by atoms with Crippen molar-refractivity contribution in [1.29, 1.82) is 0 Å². The van der Waals surface area contributed by atoms with Gasteiger partial charge < -0.3 is 9.30 Å². The highest BCUT2D eigenvalue weighted by atomic mass is 35.5. The molecular weight excluding hydrogens is 318 g/mol. The Morgan fingerprint density at radius 1 is 1.27 bits per heavy atom. The lowest BCUT2D eigenvalue weighted by atomic mass is 10.1. The molecule has 3 rings (SSSR count). The zero-order valence-electron chi connectivity index (χ0n) is 12.6. The normalized spacial score (nSPS) is 11.1. The number of rotatable bonds is 3. The van der Waals surface area contributed by atoms with Crippen LogP contribution in [0.4, 0.5) is 0 Å². The van der Waals surface area contributed by atoms with Crippen molar-refractivity contribution < 1.29 is 9.53 Å². The van der Waals surface area contributed by atoms with E-state index in [-0.39, 0.29) is 5.97 Å². The molecule has 22 heavy (non-hydrogen) atoms. The van der Waals surface area contributed by atoms with Crippen LogP contribution in [-0.4, -0.2) is 17.6 Å². The SMILES string of the molecule is COC(=O)c1cc2sc(Cl)cc2n1Cc1cc(C)ccc1C. The van der Waals surface area contributed by atoms with Crippen LogP contribution in [0.15, 0.2) is 30.3 Å². The minimum atomic E-state index is -0.329. The summed E-state index contributed by atoms with van der Waals surface area (Å²) in [5.41, 5.74) is 5.11. The van der Waals surface area contributed by atoms with Crippen molar-refractivity contribution >= 4 is 39.1 Å². The van der Waals surface area contributed by atoms with Crippen LogP contribution in [0.1, 0.15) is 27.2 Å². The number of carbonyl (C=O) groups is 1. The summed E-state index contributed by atoms with van der Waals surface area (Å²) in [6, 6.07) is 10.1. The second kappa shape index (κ2) is 5.78. The van der Waals surface area contributed by atoms with E-state index in [0.29, 0.717) is 12.2 Å². The maximum absolute atomic E-state index is 12.1. The van der Waals surface area contributed by atoms with Gasteiger partial charge in [0.15, 0.2) is 0 Å². The molecule has 0 saturated carbocycles. The van der Waals surface area contributed by atoms with Crippen LogP contribution >= 0.6 is 22.9 Å². The van der Waals surface area contributed by atoms with E-state index in [2.05, 4.69) is 32.0 Å². The molecule has 0 spiro atoms. The molecule has 0 radical (unpaired) electrons. The Bertz CT molecular complexity index is 863. The van der Waals surface area contributed by atoms with Crippen LogP contribution in [0.3, 0.4) is 0 Å². The molecule has 114 valence electrons. The summed E-state index contributed by atoms with van der Waals surface area (Å²) >= 11 is 7.58. The highest BCUT2D eigenvalue weighted by Gasteiger charge is 2.18. The van der Waals surface area contributed by atoms with Crippen molar-refractivity contribution in [3.63, 3.8) is 0 Å². The van der Waals surface area contributed by atoms with E-state index < -0.39 is 0 Å². The summed E-state index contributed by atoms with van der Waals surface area (Å²) in [5.74, 6) is -0.329. The Morgan fingerprint density at radius 2 is 2.05 bits per heavy atom. The third-order valence-electron chi connectivity index (χ3n) is 3.79. The first-order valence-electron chi connectivity index (χ1n) is 6.92. The molecule has 0 N–H and O–H groups in total. The zero-order chi connectivity index (χ0) is 15.9. The van der Waals surface area contributed by atoms with E-state index >= 15 is 0 Å². The Morgan fingerprint density at radius 3 is 2.77 bits per heavy atom. The summed E-state index contributed by atoms with van der Waals surface area (Å²) in [4.78, 5) is 12.1. The van der Waals surface area contributed by atoms with E-state index in [1.54, 1.807) is 0 Å². The van der Waals surface area contributed by atoms with Gasteiger partial charge >= 0.3 is 5.97 Å². The monoisotopic (exact) mass is 333 g/mol. The number of halogens is 1. The number of nitrogens with zero attached hydrogens (tertiary/aromatic N) is 1. The topological polar surface area (TPSA) is 31.2 Å². The van der Waals surface area contributed by atoms with Gasteiger partial charge in [-0.2, -0.15) is 0 Å². The van der Waals surface area contributed by atoms with Crippen molar-refractivity contribution in [3.8, 4) is 0 Å². The minimum absolute atomic E-state index is 0.329. The number of aromatic nitrogens is 1. The average molecular weight is 334 g/mol. The molecule has 3 nitrogen and oxygen atoms in total. The number of ether oxygens (including phenoxy) is 1. The largest absolute Gasteiger partial charge is 0.464 e. The van der Waals surface area contributed by atoms with Gasteiger partial charge in [-0.05, 0) is 37.1 Å². The van der Waals surface area contributed by atoms with Crippen LogP contribution in [-0.2, 0) is 11.3 Å². The van der Waals surface area contributed by atoms with E-state index in [1.165, 1.54) is 35.1 Å². The highest BCUT2D eigenvalue weighted by Crippen LogP contribution is 2.33. The fourth-order valence-electron chi connectivity index (χ4n) is 2.60. The zero-order valence-corrected chi connectivity index (χ0v) is 14.2. The van der Waals surface area contributed by atoms with Crippen molar-refractivity contribution in [2.45, 2.75) is 20.4 Å². The number of aryl methyl sites for hydroxylation is 2. The molecule has 0 aliphatic carbocycles. The van der Waals surface area contributed by atoms with Crippen molar-refractivity contribution in [2.24, 2.45) is 0 Å². The van der Waals surface area contributed by atoms with Crippen molar-refractivity contribution in [3.05, 3.63) is 57.1 Å². The summed E-state index contributed by atoms with van der Waals surface area (Å²) in [5, 5.41) is 0. The van der Waals surface area contributed by atoms with Gasteiger partial charge in [0.2, 0.25) is 0 Å². The minimum Gasteiger partial charge on any atom is -0.464 e. The summed E-state index contributed by atoms with van der Waals surface area (Å²) in [6.45, 7) is 4.76. The fourth-order valence-corrected chi connectivity index (χ4v) is 3.77. The summed E-state index contributed by atoms with van der Waals surface area (Å²) in [6.07, 6.45) is 0. The molecule has 2 heterocycles. The quantitative estimate of drug-likeness (QED) is 0.644. The number of fused-ring (bicyclic) bond motifs is 1. The standard InChI is InChI=1S/C17H16ClNO2S/c1-10-4-5-11(2)12(6-10)9-19-13-8-16(18)22-15(13)7-14(19)17(20)21-3/h4-8H,9H2,1-3H3. The number of methoxy groups -OCH3 is 1. The van der Waals surface area contributed by atoms with Gasteiger partial charge in [0, 0.05) is 6.54 Å². The van der Waals surface area contributed by atoms with E-state index in [4.69, 9.17) is 16.3 Å². The highest BCUT2D eigenvalue weighted by molar-refractivity contribution is 7.22. The Balaban J connectivity index is 2.15. The third-order valence-corrected chi connectivity index (χ3v) is 4.99. The van der Waals surface area contributed by atoms with Crippen molar-refractivity contribution in [2.75, 3.05) is 7.11 Å². The lowest BCUT2D eigenvalue weighted by Gasteiger charge is -2.12. The molecule has 0 unspecified atom stereocenters. The van der Waals surface area contributed by atoms with Gasteiger partial charge in [-0.1, -0.05) is 35.4 Å². The molecule has 0 bridgehead atoms. The van der Waals surface area contributed by atoms with E-state index in [1.807, 2.05) is 16.7 Å². The first-order valence-corrected chi connectivity index (χ1v) is 8.12. The van der Waals surface area contributed by atoms with E-state index in [9.17, 15) is 4.79 Å². The van der Waals surface area contributed by atoms with Crippen molar-refractivity contribution in [1.82, 2.24) is 4.57 Å². The molecule has 0 atom stereocenters. The molecule has 5 heteroatoms. The average Bonchev–Trinajstić information content (AvgIpc) is 2.99. The third kappa shape index (κ3) is 2.64. The Labute approximate surface area is 138 Å². The molecule has 0 saturated heterocycles.